The number of allylic oxidation sites excluding steroid dienone is 1. The Morgan fingerprint density at radius 3 is 2.48 bits per heavy atom. The lowest BCUT2D eigenvalue weighted by Crippen LogP contribution is -1.86. The smallest absolute Gasteiger partial charge is 0.364 e. The van der Waals surface area contributed by atoms with Crippen molar-refractivity contribution in [2.45, 2.75) is 12.8 Å². The van der Waals surface area contributed by atoms with Crippen molar-refractivity contribution in [3.05, 3.63) is 59.4 Å². The molecule has 0 aliphatic heterocycles. The lowest BCUT2D eigenvalue weighted by atomic mass is 10.1. The Labute approximate surface area is 145 Å². The second-order valence-electron chi connectivity index (χ2n) is 6.10. The third kappa shape index (κ3) is 2.80. The Hall–Kier alpha value is -3.01. The number of aromatic hydroxyl groups is 1. The minimum Gasteiger partial charge on any atom is -0.507 e. The van der Waals surface area contributed by atoms with Crippen LogP contribution in [0.3, 0.4) is 0 Å². The van der Waals surface area contributed by atoms with Gasteiger partial charge < -0.3 is 14.6 Å². The van der Waals surface area contributed by atoms with E-state index in [-0.39, 0.29) is 5.75 Å². The monoisotopic (exact) mass is 335 g/mol. The quantitative estimate of drug-likeness (QED) is 0.690. The molecule has 0 saturated heterocycles. The average Bonchev–Trinajstić information content (AvgIpc) is 3.02. The molecule has 1 aliphatic rings. The van der Waals surface area contributed by atoms with Crippen LogP contribution in [0.4, 0.5) is 0 Å². The van der Waals surface area contributed by atoms with Crippen molar-refractivity contribution in [3.63, 3.8) is 0 Å². The molecule has 3 aromatic rings. The lowest BCUT2D eigenvalue weighted by molar-refractivity contribution is 0.407. The van der Waals surface area contributed by atoms with Crippen LogP contribution in [0.15, 0.2) is 46.9 Å². The zero-order chi connectivity index (χ0) is 17.4. The zero-order valence-electron chi connectivity index (χ0n) is 14.2. The Kier molecular flexibility index (Phi) is 3.80. The van der Waals surface area contributed by atoms with E-state index in [9.17, 15) is 5.11 Å². The van der Waals surface area contributed by atoms with E-state index in [4.69, 9.17) is 13.9 Å². The van der Waals surface area contributed by atoms with Crippen LogP contribution in [0.2, 0.25) is 0 Å². The van der Waals surface area contributed by atoms with Gasteiger partial charge >= 0.3 is 11.3 Å². The van der Waals surface area contributed by atoms with Gasteiger partial charge in [0, 0.05) is 11.6 Å². The number of methoxy groups -OCH3 is 2. The summed E-state index contributed by atoms with van der Waals surface area (Å²) in [5.41, 5.74) is 3.83. The normalized spacial score (nSPS) is 14.7. The van der Waals surface area contributed by atoms with Crippen molar-refractivity contribution in [3.8, 4) is 17.2 Å². The number of aryl methyl sites for hydroxylation is 1. The minimum absolute atomic E-state index is 0.197. The van der Waals surface area contributed by atoms with Gasteiger partial charge in [-0.25, -0.2) is 4.42 Å². The molecule has 0 unspecified atom stereocenters. The standard InChI is InChI=1S/C21H18O4/c1-23-17-7-5-13(19(22)11-17)9-15-3-4-16-10-14-6-8-18(24-2)12-20(14)25-21(15)16/h5-12H,3-4H2,1-2H3/p+1/b15-9-. The van der Waals surface area contributed by atoms with Gasteiger partial charge in [-0.15, -0.1) is 0 Å². The molecule has 0 spiro atoms. The molecule has 1 N–H and O–H groups in total. The molecule has 126 valence electrons. The first-order valence-electron chi connectivity index (χ1n) is 8.19. The Morgan fingerprint density at radius 1 is 0.960 bits per heavy atom. The van der Waals surface area contributed by atoms with Crippen molar-refractivity contribution in [2.24, 2.45) is 0 Å². The van der Waals surface area contributed by atoms with Crippen LogP contribution in [0.5, 0.6) is 17.2 Å². The van der Waals surface area contributed by atoms with E-state index in [0.29, 0.717) is 5.75 Å². The van der Waals surface area contributed by atoms with Crippen LogP contribution in [0.25, 0.3) is 22.6 Å². The van der Waals surface area contributed by atoms with E-state index in [2.05, 4.69) is 6.07 Å². The molecule has 0 amide bonds. The van der Waals surface area contributed by atoms with Gasteiger partial charge in [-0.2, -0.15) is 0 Å². The maximum Gasteiger partial charge on any atom is 0.364 e. The average molecular weight is 335 g/mol. The topological polar surface area (TPSA) is 50.0 Å². The van der Waals surface area contributed by atoms with Crippen LogP contribution in [0, 0.1) is 0 Å². The summed E-state index contributed by atoms with van der Waals surface area (Å²) in [5.74, 6) is 2.49. The summed E-state index contributed by atoms with van der Waals surface area (Å²) in [5, 5.41) is 11.3. The Morgan fingerprint density at radius 2 is 1.72 bits per heavy atom. The summed E-state index contributed by atoms with van der Waals surface area (Å²) in [6, 6.07) is 13.3. The van der Waals surface area contributed by atoms with E-state index in [1.807, 2.05) is 36.4 Å². The van der Waals surface area contributed by atoms with E-state index in [1.165, 1.54) is 5.56 Å². The summed E-state index contributed by atoms with van der Waals surface area (Å²) in [6.07, 6.45) is 3.80. The molecule has 2 aromatic carbocycles. The van der Waals surface area contributed by atoms with Crippen LogP contribution in [-0.4, -0.2) is 19.3 Å². The summed E-state index contributed by atoms with van der Waals surface area (Å²) in [4.78, 5) is 0. The SMILES string of the molecule is COc1ccc(/C=C2/CCc3cc4ccc(OC)cc4[o+]c32)c(O)c1. The number of phenolic OH excluding ortho intramolecular Hbond substituents is 1. The van der Waals surface area contributed by atoms with E-state index in [0.717, 1.165) is 46.5 Å². The van der Waals surface area contributed by atoms with Crippen molar-refractivity contribution in [1.29, 1.82) is 0 Å². The number of phenols is 1. The van der Waals surface area contributed by atoms with Gasteiger partial charge in [0.1, 0.15) is 17.2 Å². The van der Waals surface area contributed by atoms with Gasteiger partial charge in [0.15, 0.2) is 0 Å². The second-order valence-corrected chi connectivity index (χ2v) is 6.10. The molecule has 0 fully saturated rings. The summed E-state index contributed by atoms with van der Waals surface area (Å²) in [6.45, 7) is 0. The van der Waals surface area contributed by atoms with Crippen molar-refractivity contribution < 1.29 is 19.0 Å². The van der Waals surface area contributed by atoms with Crippen LogP contribution in [0.1, 0.15) is 23.3 Å². The predicted molar refractivity (Wildman–Crippen MR) is 98.0 cm³/mol. The fraction of sp³-hybridized carbons (Fsp3) is 0.190. The number of hydrogen-bond donors (Lipinski definition) is 1. The van der Waals surface area contributed by atoms with Gasteiger partial charge in [-0.3, -0.25) is 0 Å². The maximum atomic E-state index is 10.2. The highest BCUT2D eigenvalue weighted by Gasteiger charge is 2.29. The molecule has 1 heterocycles. The molecule has 0 saturated carbocycles. The summed E-state index contributed by atoms with van der Waals surface area (Å²) < 4.78 is 16.6. The first-order chi connectivity index (χ1) is 12.2. The van der Waals surface area contributed by atoms with Gasteiger partial charge in [-0.05, 0) is 49.2 Å². The maximum absolute atomic E-state index is 10.2. The number of benzene rings is 2. The molecule has 0 radical (unpaired) electrons. The molecule has 1 aliphatic carbocycles. The highest BCUT2D eigenvalue weighted by Crippen LogP contribution is 2.38. The van der Waals surface area contributed by atoms with Crippen LogP contribution < -0.4 is 9.47 Å². The van der Waals surface area contributed by atoms with Crippen LogP contribution in [-0.2, 0) is 6.42 Å². The summed E-state index contributed by atoms with van der Waals surface area (Å²) in [7, 11) is 3.23. The van der Waals surface area contributed by atoms with E-state index < -0.39 is 0 Å². The molecular formula is C21H19O4+. The molecule has 4 heteroatoms. The van der Waals surface area contributed by atoms with Crippen molar-refractivity contribution >= 4 is 22.6 Å². The molecule has 4 rings (SSSR count). The molecule has 0 bridgehead atoms. The molecular weight excluding hydrogens is 316 g/mol. The largest absolute Gasteiger partial charge is 0.507 e. The van der Waals surface area contributed by atoms with E-state index >= 15 is 0 Å². The van der Waals surface area contributed by atoms with Gasteiger partial charge in [0.25, 0.3) is 0 Å². The number of ether oxygens (including phenoxy) is 2. The number of fused-ring (bicyclic) bond motifs is 2. The summed E-state index contributed by atoms with van der Waals surface area (Å²) >= 11 is 0. The molecule has 4 nitrogen and oxygen atoms in total. The first-order valence-corrected chi connectivity index (χ1v) is 8.19. The third-order valence-corrected chi connectivity index (χ3v) is 4.58. The number of rotatable bonds is 3. The minimum atomic E-state index is 0.197. The second kappa shape index (κ2) is 6.13. The molecule has 25 heavy (non-hydrogen) atoms. The van der Waals surface area contributed by atoms with Gasteiger partial charge in [-0.1, -0.05) is 0 Å². The number of hydrogen-bond acceptors (Lipinski definition) is 3. The fourth-order valence-electron chi connectivity index (χ4n) is 3.22. The highest BCUT2D eigenvalue weighted by molar-refractivity contribution is 5.88. The molecule has 1 aromatic heterocycles. The third-order valence-electron chi connectivity index (χ3n) is 4.58. The van der Waals surface area contributed by atoms with Gasteiger partial charge in [0.05, 0.1) is 36.8 Å². The Balaban J connectivity index is 1.79. The fourth-order valence-corrected chi connectivity index (χ4v) is 3.22. The van der Waals surface area contributed by atoms with E-state index in [1.54, 1.807) is 20.3 Å². The highest BCUT2D eigenvalue weighted by atomic mass is 16.5. The zero-order valence-corrected chi connectivity index (χ0v) is 14.2. The van der Waals surface area contributed by atoms with Gasteiger partial charge in [0.2, 0.25) is 0 Å². The predicted octanol–water partition coefficient (Wildman–Crippen LogP) is 4.92. The lowest BCUT2D eigenvalue weighted by Gasteiger charge is -2.03. The van der Waals surface area contributed by atoms with Crippen molar-refractivity contribution in [1.82, 2.24) is 0 Å². The Bertz CT molecular complexity index is 989. The molecule has 0 atom stereocenters. The van der Waals surface area contributed by atoms with Crippen LogP contribution >= 0.6 is 0 Å². The first kappa shape index (κ1) is 15.5. The van der Waals surface area contributed by atoms with Crippen molar-refractivity contribution in [2.75, 3.05) is 14.2 Å².